The van der Waals surface area contributed by atoms with Gasteiger partial charge in [-0.2, -0.15) is 0 Å². The number of ether oxygens (including phenoxy) is 2. The molecule has 12 heteroatoms. The number of aryl methyl sites for hydroxylation is 14. The summed E-state index contributed by atoms with van der Waals surface area (Å²) in [7, 11) is 0. The maximum absolute atomic E-state index is 12.5. The topological polar surface area (TPSA) is 138 Å². The van der Waals surface area contributed by atoms with Crippen molar-refractivity contribution in [1.29, 1.82) is 0 Å². The molecule has 0 unspecified atom stereocenters. The zero-order valence-corrected chi connectivity index (χ0v) is 66.9. The first-order valence-electron chi connectivity index (χ1n) is 36.1. The van der Waals surface area contributed by atoms with Gasteiger partial charge in [-0.1, -0.05) is 223 Å². The summed E-state index contributed by atoms with van der Waals surface area (Å²) in [6.07, 6.45) is 7.00. The number of hydrogen-bond acceptors (Lipinski definition) is 12. The minimum Gasteiger partial charge on any atom is -0.457 e. The first kappa shape index (κ1) is 82.7. The van der Waals surface area contributed by atoms with Crippen LogP contribution in [0.1, 0.15) is 165 Å². The van der Waals surface area contributed by atoms with Crippen molar-refractivity contribution in [2.45, 2.75) is 116 Å². The lowest BCUT2D eigenvalue weighted by Gasteiger charge is -2.26. The van der Waals surface area contributed by atoms with E-state index in [-0.39, 0.29) is 28.5 Å². The molecule has 0 saturated heterocycles. The van der Waals surface area contributed by atoms with Crippen LogP contribution in [0, 0.1) is 96.9 Å². The van der Waals surface area contributed by atoms with Crippen molar-refractivity contribution >= 4 is 45.8 Å². The van der Waals surface area contributed by atoms with E-state index in [9.17, 15) is 19.2 Å². The second-order valence-corrected chi connectivity index (χ2v) is 30.0. The van der Waals surface area contributed by atoms with Crippen LogP contribution in [0.4, 0.5) is 0 Å². The highest BCUT2D eigenvalue weighted by Gasteiger charge is 2.24. The Labute approximate surface area is 652 Å². The van der Waals surface area contributed by atoms with E-state index in [2.05, 4.69) is 147 Å². The number of carbonyl (C=O) groups is 4. The van der Waals surface area contributed by atoms with Gasteiger partial charge in [-0.25, -0.2) is 0 Å². The van der Waals surface area contributed by atoms with Crippen LogP contribution in [-0.4, -0.2) is 43.1 Å². The van der Waals surface area contributed by atoms with Crippen LogP contribution in [0.3, 0.4) is 0 Å². The fraction of sp³-hybridized carbons (Fsp3) is 0.175. The lowest BCUT2D eigenvalue weighted by atomic mass is 9.78. The van der Waals surface area contributed by atoms with Gasteiger partial charge in [-0.15, -0.1) is 22.7 Å². The van der Waals surface area contributed by atoms with Crippen molar-refractivity contribution < 1.29 is 28.7 Å². The second kappa shape index (κ2) is 40.7. The Morgan fingerprint density at radius 2 is 0.578 bits per heavy atom. The monoisotopic (exact) mass is 1480 g/mol. The molecular formula is C97H96N4O6S2. The number of hydrogen-bond donors (Lipinski definition) is 0. The summed E-state index contributed by atoms with van der Waals surface area (Å²) in [5.41, 5.74) is 19.3. The zero-order chi connectivity index (χ0) is 78.6. The van der Waals surface area contributed by atoms with Crippen molar-refractivity contribution in [2.24, 2.45) is 0 Å². The number of thiophene rings is 2. The summed E-state index contributed by atoms with van der Waals surface area (Å²) in [6.45, 7) is 32.7. The predicted octanol–water partition coefficient (Wildman–Crippen LogP) is 24.7. The molecule has 14 rings (SSSR count). The molecule has 0 spiro atoms. The van der Waals surface area contributed by atoms with Gasteiger partial charge < -0.3 is 9.47 Å². The first-order valence-corrected chi connectivity index (χ1v) is 37.7. The fourth-order valence-electron chi connectivity index (χ4n) is 11.0. The quantitative estimate of drug-likeness (QED) is 0.0967. The van der Waals surface area contributed by atoms with Gasteiger partial charge >= 0.3 is 0 Å². The fourth-order valence-corrected chi connectivity index (χ4v) is 12.5. The Kier molecular flexibility index (Phi) is 30.9. The maximum atomic E-state index is 12.5. The van der Waals surface area contributed by atoms with Gasteiger partial charge in [0.1, 0.15) is 23.0 Å². The van der Waals surface area contributed by atoms with E-state index in [1.54, 1.807) is 103 Å². The van der Waals surface area contributed by atoms with Crippen molar-refractivity contribution in [1.82, 2.24) is 19.9 Å². The molecule has 0 amide bonds. The summed E-state index contributed by atoms with van der Waals surface area (Å²) in [4.78, 5) is 70.3. The second-order valence-electron chi connectivity index (χ2n) is 27.4. The average Bonchev–Trinajstić information content (AvgIpc) is 1.63. The Bertz CT molecular complexity index is 4960. The Morgan fingerprint density at radius 3 is 0.817 bits per heavy atom. The molecule has 4 aromatic heterocycles. The normalized spacial score (nSPS) is 10.3. The minimum absolute atomic E-state index is 0.0340. The third-order valence-corrected chi connectivity index (χ3v) is 19.1. The van der Waals surface area contributed by atoms with Crippen LogP contribution in [0.25, 0.3) is 0 Å². The molecule has 0 saturated carbocycles. The maximum Gasteiger partial charge on any atom is 0.193 e. The minimum atomic E-state index is -0.134. The lowest BCUT2D eigenvalue weighted by molar-refractivity contribution is 0.102. The van der Waals surface area contributed by atoms with Gasteiger partial charge in [0, 0.05) is 89.3 Å². The third kappa shape index (κ3) is 26.8. The van der Waals surface area contributed by atoms with Gasteiger partial charge in [0.05, 0.1) is 22.8 Å². The van der Waals surface area contributed by atoms with Crippen molar-refractivity contribution in [3.05, 3.63) is 423 Å². The highest BCUT2D eigenvalue weighted by Crippen LogP contribution is 2.35. The van der Waals surface area contributed by atoms with E-state index in [0.29, 0.717) is 44.5 Å². The summed E-state index contributed by atoms with van der Waals surface area (Å²) in [5.74, 6) is 3.23. The smallest absolute Gasteiger partial charge is 0.193 e. The molecule has 0 aliphatic rings. The number of carbonyl (C=O) groups excluding carboxylic acids is 4. The zero-order valence-electron chi connectivity index (χ0n) is 65.3. The highest BCUT2D eigenvalue weighted by atomic mass is 32.1. The molecule has 14 aromatic rings. The highest BCUT2D eigenvalue weighted by molar-refractivity contribution is 7.11. The molecule has 0 fully saturated rings. The predicted molar refractivity (Wildman–Crippen MR) is 449 cm³/mol. The van der Waals surface area contributed by atoms with E-state index in [4.69, 9.17) is 9.47 Å². The van der Waals surface area contributed by atoms with E-state index in [0.717, 1.165) is 68.0 Å². The molecule has 0 radical (unpaired) electrons. The first-order chi connectivity index (χ1) is 52.1. The lowest BCUT2D eigenvalue weighted by Crippen LogP contribution is -2.18. The van der Waals surface area contributed by atoms with Crippen LogP contribution in [0.2, 0.25) is 0 Å². The van der Waals surface area contributed by atoms with Crippen LogP contribution in [-0.2, 0) is 5.41 Å². The molecule has 0 aliphatic heterocycles. The van der Waals surface area contributed by atoms with Gasteiger partial charge in [0.2, 0.25) is 0 Å². The number of ketones is 4. The largest absolute Gasteiger partial charge is 0.457 e. The standard InChI is InChI=1S/C29H28O2.2C22H18O2.2C6H8N2.2C6H8S/c1-21-5-13-25(14-6-21)30-27-17-9-23(10-18-27)29(3,4)24-11-19-28(20-12-24)31-26-15-7-22(2)8-16-26;1-15-5-3-7-19(13-15)21(23)17-9-11-18(12-10-17)22(24)20-8-4-6-16(2)14-20;1-15-6-8-17(9-7-15)21(23)18-10-12-19(13-11-18)22(24)20-5-3-4-16(2)14-20;1-5-3-8-6(2)4-7-5;1-5-3-7-4-6(2)8-5;1-5-3-6(2)7-4-5;1-5-3-4-6(2)7-5/h5-20H,1-4H3;2*3-14H,1-2H3;2*3-4H,1-2H3;2*3-4H,1-2H3. The van der Waals surface area contributed by atoms with E-state index in [1.165, 1.54) is 42.4 Å². The number of benzene rings is 10. The van der Waals surface area contributed by atoms with Gasteiger partial charge in [0.25, 0.3) is 0 Å². The van der Waals surface area contributed by atoms with Crippen LogP contribution >= 0.6 is 22.7 Å². The van der Waals surface area contributed by atoms with Crippen molar-refractivity contribution in [3.8, 4) is 23.0 Å². The SMILES string of the molecule is Cc1ccc(C(=O)c2ccc(C(=O)c3cccc(C)c3)cc2)cc1.Cc1ccc(C)s1.Cc1ccc(Oc2ccc(C(C)(C)c3ccc(Oc4ccc(C)cc4)cc3)cc2)cc1.Cc1cccc(C(=O)c2ccc(C(=O)c3cccc(C)c3)cc2)c1.Cc1cnc(C)cn1.Cc1cncc(C)n1.Cc1csc(C)c1. The summed E-state index contributed by atoms with van der Waals surface area (Å²) in [6, 6.07) is 83.1. The molecule has 109 heavy (non-hydrogen) atoms. The Morgan fingerprint density at radius 1 is 0.284 bits per heavy atom. The van der Waals surface area contributed by atoms with E-state index in [1.807, 2.05) is 194 Å². The van der Waals surface area contributed by atoms with Gasteiger partial charge in [-0.05, 0) is 204 Å². The molecule has 0 aliphatic carbocycles. The molecule has 10 aromatic carbocycles. The van der Waals surface area contributed by atoms with Crippen LogP contribution < -0.4 is 9.47 Å². The van der Waals surface area contributed by atoms with E-state index < -0.39 is 0 Å². The molecule has 0 atom stereocenters. The summed E-state index contributed by atoms with van der Waals surface area (Å²) < 4.78 is 11.9. The average molecular weight is 1480 g/mol. The van der Waals surface area contributed by atoms with Crippen LogP contribution in [0.15, 0.2) is 291 Å². The van der Waals surface area contributed by atoms with E-state index >= 15 is 0 Å². The van der Waals surface area contributed by atoms with Crippen molar-refractivity contribution in [3.63, 3.8) is 0 Å². The molecule has 10 nitrogen and oxygen atoms in total. The third-order valence-electron chi connectivity index (χ3n) is 17.2. The molecule has 0 bridgehead atoms. The van der Waals surface area contributed by atoms with Gasteiger partial charge in [-0.3, -0.25) is 39.1 Å². The Balaban J connectivity index is 0.000000173. The summed E-state index contributed by atoms with van der Waals surface area (Å²) >= 11 is 3.65. The number of aromatic nitrogens is 4. The van der Waals surface area contributed by atoms with Gasteiger partial charge in [0.15, 0.2) is 23.1 Å². The molecule has 0 N–H and O–H groups in total. The summed E-state index contributed by atoms with van der Waals surface area (Å²) in [5, 5.41) is 2.16. The number of rotatable bonds is 14. The number of nitrogens with zero attached hydrogens (tertiary/aromatic N) is 4. The Hall–Kier alpha value is -12.0. The van der Waals surface area contributed by atoms with Crippen molar-refractivity contribution in [2.75, 3.05) is 0 Å². The molecule has 552 valence electrons. The molecular weight excluding hydrogens is 1380 g/mol. The molecule has 4 heterocycles. The van der Waals surface area contributed by atoms with Crippen LogP contribution in [0.5, 0.6) is 23.0 Å².